The molecular formula is C42H21N3OS2. The van der Waals surface area contributed by atoms with E-state index >= 15 is 0 Å². The van der Waals surface area contributed by atoms with Crippen LogP contribution < -0.4 is 0 Å². The number of benzene rings is 7. The van der Waals surface area contributed by atoms with Gasteiger partial charge in [0.05, 0.1) is 26.9 Å². The lowest BCUT2D eigenvalue weighted by molar-refractivity contribution is 0.664. The topological polar surface area (TPSA) is 43.9 Å². The van der Waals surface area contributed by atoms with Crippen molar-refractivity contribution in [1.82, 2.24) is 14.5 Å². The summed E-state index contributed by atoms with van der Waals surface area (Å²) >= 11 is 3.61. The molecule has 0 saturated carbocycles. The molecule has 5 aromatic heterocycles. The van der Waals surface area contributed by atoms with Crippen molar-refractivity contribution in [3.05, 3.63) is 127 Å². The summed E-state index contributed by atoms with van der Waals surface area (Å²) in [6.07, 6.45) is 0. The van der Waals surface area contributed by atoms with E-state index in [1.54, 1.807) is 11.3 Å². The van der Waals surface area contributed by atoms with Crippen molar-refractivity contribution in [2.75, 3.05) is 0 Å². The summed E-state index contributed by atoms with van der Waals surface area (Å²) in [5, 5.41) is 10.7. The zero-order valence-electron chi connectivity index (χ0n) is 25.2. The number of hydrogen-bond donors (Lipinski definition) is 0. The highest BCUT2D eigenvalue weighted by Crippen LogP contribution is 2.46. The number of rotatable bonds is 2. The average molecular weight is 648 g/mol. The summed E-state index contributed by atoms with van der Waals surface area (Å²) in [6.45, 7) is 0. The zero-order chi connectivity index (χ0) is 31.1. The molecule has 0 aliphatic rings. The van der Waals surface area contributed by atoms with Crippen molar-refractivity contribution in [3.63, 3.8) is 0 Å². The Morgan fingerprint density at radius 1 is 0.500 bits per heavy atom. The highest BCUT2D eigenvalue weighted by atomic mass is 32.1. The maximum Gasteiger partial charge on any atom is 0.235 e. The Bertz CT molecular complexity index is 3200. The van der Waals surface area contributed by atoms with E-state index in [1.807, 2.05) is 11.3 Å². The maximum absolute atomic E-state index is 6.65. The van der Waals surface area contributed by atoms with Crippen LogP contribution >= 0.6 is 22.7 Å². The first-order valence-electron chi connectivity index (χ1n) is 16.0. The molecule has 0 aliphatic carbocycles. The van der Waals surface area contributed by atoms with Crippen molar-refractivity contribution < 1.29 is 4.42 Å². The van der Waals surface area contributed by atoms with Gasteiger partial charge in [0.15, 0.2) is 0 Å². The Kier molecular flexibility index (Phi) is 4.72. The molecule has 5 heterocycles. The molecule has 222 valence electrons. The van der Waals surface area contributed by atoms with Crippen molar-refractivity contribution in [2.45, 2.75) is 0 Å². The van der Waals surface area contributed by atoms with Gasteiger partial charge < -0.3 is 4.42 Å². The Balaban J connectivity index is 1.25. The van der Waals surface area contributed by atoms with Crippen LogP contribution in [0.4, 0.5) is 0 Å². The van der Waals surface area contributed by atoms with Gasteiger partial charge in [-0.15, -0.1) is 22.7 Å². The fourth-order valence-corrected chi connectivity index (χ4v) is 10.2. The molecule has 0 fully saturated rings. The van der Waals surface area contributed by atoms with Gasteiger partial charge in [0.25, 0.3) is 0 Å². The molecule has 7 aromatic carbocycles. The normalized spacial score (nSPS) is 12.6. The Hall–Kier alpha value is -5.82. The van der Waals surface area contributed by atoms with E-state index in [0.29, 0.717) is 5.95 Å². The summed E-state index contributed by atoms with van der Waals surface area (Å²) < 4.78 is 13.8. The molecule has 0 N–H and O–H groups in total. The van der Waals surface area contributed by atoms with E-state index in [4.69, 9.17) is 14.4 Å². The van der Waals surface area contributed by atoms with Crippen LogP contribution in [0.5, 0.6) is 0 Å². The number of hydrogen-bond acceptors (Lipinski definition) is 5. The van der Waals surface area contributed by atoms with Gasteiger partial charge in [0, 0.05) is 57.4 Å². The van der Waals surface area contributed by atoms with E-state index in [2.05, 4.69) is 132 Å². The summed E-state index contributed by atoms with van der Waals surface area (Å²) in [6, 6.07) is 45.6. The van der Waals surface area contributed by atoms with Gasteiger partial charge in [-0.3, -0.25) is 4.57 Å². The lowest BCUT2D eigenvalue weighted by Crippen LogP contribution is -2.02. The lowest BCUT2D eigenvalue weighted by atomic mass is 10.00. The van der Waals surface area contributed by atoms with Gasteiger partial charge in [-0.2, -0.15) is 0 Å². The van der Waals surface area contributed by atoms with Gasteiger partial charge in [0.2, 0.25) is 5.95 Å². The highest BCUT2D eigenvalue weighted by molar-refractivity contribution is 7.26. The van der Waals surface area contributed by atoms with Crippen LogP contribution in [0.15, 0.2) is 132 Å². The molecule has 0 aliphatic heterocycles. The number of nitrogens with zero attached hydrogens (tertiary/aromatic N) is 3. The smallest absolute Gasteiger partial charge is 0.235 e. The van der Waals surface area contributed by atoms with Gasteiger partial charge in [-0.05, 0) is 53.2 Å². The molecule has 0 saturated heterocycles. The van der Waals surface area contributed by atoms with E-state index < -0.39 is 0 Å². The van der Waals surface area contributed by atoms with Crippen LogP contribution in [0.2, 0.25) is 0 Å². The largest absolute Gasteiger partial charge is 0.456 e. The molecule has 12 rings (SSSR count). The molecule has 12 aromatic rings. The van der Waals surface area contributed by atoms with Crippen LogP contribution in [-0.2, 0) is 0 Å². The second-order valence-corrected chi connectivity index (χ2v) is 14.7. The van der Waals surface area contributed by atoms with Crippen LogP contribution in [0.25, 0.3) is 112 Å². The standard InChI is InChI=1S/C42H21N3OS2/c1-3-13-32-25(9-1)26-18-15-24(21-34(26)47-32)39-41-40(27-10-2-4-14-33(27)48-41)44-42(43-39)45-28-19-16-22-7-5-11-30-35(22)37(28)38-29(45)20-17-23-8-6-12-31(46-30)36(23)38/h1-21H. The third kappa shape index (κ3) is 3.18. The maximum atomic E-state index is 6.65. The van der Waals surface area contributed by atoms with Crippen LogP contribution in [0, 0.1) is 0 Å². The molecule has 6 heteroatoms. The van der Waals surface area contributed by atoms with E-state index in [-0.39, 0.29) is 0 Å². The molecule has 48 heavy (non-hydrogen) atoms. The van der Waals surface area contributed by atoms with E-state index in [1.165, 1.54) is 35.6 Å². The van der Waals surface area contributed by atoms with Crippen LogP contribution in [0.3, 0.4) is 0 Å². The number of fused-ring (bicyclic) bond motifs is 6. The zero-order valence-corrected chi connectivity index (χ0v) is 26.8. The minimum Gasteiger partial charge on any atom is -0.456 e. The summed E-state index contributed by atoms with van der Waals surface area (Å²) in [5.74, 6) is 0.674. The molecule has 0 spiro atoms. The Morgan fingerprint density at radius 2 is 1.15 bits per heavy atom. The fraction of sp³-hybridized carbons (Fsp3) is 0. The van der Waals surface area contributed by atoms with Crippen molar-refractivity contribution in [2.24, 2.45) is 0 Å². The first-order chi connectivity index (χ1) is 23.8. The molecule has 0 bridgehead atoms. The molecule has 4 nitrogen and oxygen atoms in total. The van der Waals surface area contributed by atoms with Gasteiger partial charge in [-0.1, -0.05) is 84.9 Å². The van der Waals surface area contributed by atoms with Gasteiger partial charge >= 0.3 is 0 Å². The number of thiophene rings is 2. The summed E-state index contributed by atoms with van der Waals surface area (Å²) in [4.78, 5) is 10.9. The number of aromatic nitrogens is 3. The Labute approximate surface area is 280 Å². The quantitative estimate of drug-likeness (QED) is 0.188. The second-order valence-electron chi connectivity index (χ2n) is 12.5. The Morgan fingerprint density at radius 3 is 1.88 bits per heavy atom. The predicted molar refractivity (Wildman–Crippen MR) is 204 cm³/mol. The highest BCUT2D eigenvalue weighted by Gasteiger charge is 2.24. The van der Waals surface area contributed by atoms with Crippen molar-refractivity contribution >= 4 is 118 Å². The first kappa shape index (κ1) is 25.3. The van der Waals surface area contributed by atoms with Gasteiger partial charge in [0.1, 0.15) is 11.2 Å². The van der Waals surface area contributed by atoms with Crippen LogP contribution in [0.1, 0.15) is 0 Å². The third-order valence-corrected chi connectivity index (χ3v) is 12.3. The van der Waals surface area contributed by atoms with E-state index in [0.717, 1.165) is 70.6 Å². The van der Waals surface area contributed by atoms with Gasteiger partial charge in [-0.25, -0.2) is 9.97 Å². The molecule has 0 amide bonds. The summed E-state index contributed by atoms with van der Waals surface area (Å²) in [5.41, 5.74) is 6.94. The second kappa shape index (κ2) is 8.95. The minimum absolute atomic E-state index is 0.674. The minimum atomic E-state index is 0.674. The van der Waals surface area contributed by atoms with Crippen LogP contribution in [-0.4, -0.2) is 14.5 Å². The summed E-state index contributed by atoms with van der Waals surface area (Å²) in [7, 11) is 0. The van der Waals surface area contributed by atoms with E-state index in [9.17, 15) is 0 Å². The molecule has 0 unspecified atom stereocenters. The lowest BCUT2D eigenvalue weighted by Gasteiger charge is -2.11. The predicted octanol–water partition coefficient (Wildman–Crippen LogP) is 12.5. The average Bonchev–Trinajstić information content (AvgIpc) is 3.77. The molecule has 0 radical (unpaired) electrons. The van der Waals surface area contributed by atoms with Crippen molar-refractivity contribution in [3.8, 4) is 17.2 Å². The monoisotopic (exact) mass is 647 g/mol. The fourth-order valence-electron chi connectivity index (χ4n) is 7.93. The molecule has 0 atom stereocenters. The molecular weight excluding hydrogens is 627 g/mol. The van der Waals surface area contributed by atoms with Crippen molar-refractivity contribution in [1.29, 1.82) is 0 Å². The SMILES string of the molecule is c1cc2ccc3c4c2c(c1)oc1cccc2ccc(c4c21)n3-c1nc(-c2ccc3c(c2)sc2ccccc23)c2sc3ccccc3c2n1. The third-order valence-electron chi connectivity index (χ3n) is 9.98. The first-order valence-corrected chi connectivity index (χ1v) is 17.6.